The van der Waals surface area contributed by atoms with Gasteiger partial charge in [-0.2, -0.15) is 5.10 Å². The third-order valence-corrected chi connectivity index (χ3v) is 2.88. The molecule has 1 aromatic rings. The van der Waals surface area contributed by atoms with Gasteiger partial charge in [0.2, 0.25) is 0 Å². The monoisotopic (exact) mass is 193 g/mol. The molecule has 1 aliphatic rings. The first kappa shape index (κ1) is 9.56. The standard InChI is InChI=1S/C11H19N3/c1-3-5-9(2)10-8-11-12-6-4-7-14(11)13-10/h8-9,12H,3-7H2,1-2H3. The zero-order valence-electron chi connectivity index (χ0n) is 9.08. The van der Waals surface area contributed by atoms with Crippen molar-refractivity contribution >= 4 is 5.82 Å². The molecular weight excluding hydrogens is 174 g/mol. The minimum Gasteiger partial charge on any atom is -0.370 e. The second kappa shape index (κ2) is 4.03. The van der Waals surface area contributed by atoms with E-state index in [9.17, 15) is 0 Å². The molecule has 2 rings (SSSR count). The van der Waals surface area contributed by atoms with Crippen molar-refractivity contribution < 1.29 is 0 Å². The van der Waals surface area contributed by atoms with E-state index in [0.29, 0.717) is 5.92 Å². The van der Waals surface area contributed by atoms with Gasteiger partial charge in [0.1, 0.15) is 5.82 Å². The average molecular weight is 193 g/mol. The Morgan fingerprint density at radius 1 is 1.64 bits per heavy atom. The highest BCUT2D eigenvalue weighted by Crippen LogP contribution is 2.24. The Morgan fingerprint density at radius 2 is 2.50 bits per heavy atom. The van der Waals surface area contributed by atoms with Gasteiger partial charge in [-0.15, -0.1) is 0 Å². The lowest BCUT2D eigenvalue weighted by atomic mass is 10.0. The van der Waals surface area contributed by atoms with Crippen molar-refractivity contribution in [3.05, 3.63) is 11.8 Å². The van der Waals surface area contributed by atoms with E-state index in [4.69, 9.17) is 0 Å². The highest BCUT2D eigenvalue weighted by atomic mass is 15.3. The van der Waals surface area contributed by atoms with E-state index >= 15 is 0 Å². The number of rotatable bonds is 3. The smallest absolute Gasteiger partial charge is 0.124 e. The van der Waals surface area contributed by atoms with Crippen molar-refractivity contribution in [1.29, 1.82) is 0 Å². The second-order valence-corrected chi connectivity index (χ2v) is 4.15. The molecule has 0 spiro atoms. The van der Waals surface area contributed by atoms with Gasteiger partial charge in [0.15, 0.2) is 0 Å². The summed E-state index contributed by atoms with van der Waals surface area (Å²) in [5.74, 6) is 1.80. The maximum Gasteiger partial charge on any atom is 0.124 e. The van der Waals surface area contributed by atoms with E-state index in [2.05, 4.69) is 35.0 Å². The molecule has 0 saturated carbocycles. The molecule has 14 heavy (non-hydrogen) atoms. The predicted octanol–water partition coefficient (Wildman–Crippen LogP) is 2.60. The van der Waals surface area contributed by atoms with Crippen LogP contribution in [0.25, 0.3) is 0 Å². The van der Waals surface area contributed by atoms with Crippen LogP contribution in [0.3, 0.4) is 0 Å². The molecule has 0 radical (unpaired) electrons. The summed E-state index contributed by atoms with van der Waals surface area (Å²) >= 11 is 0. The average Bonchev–Trinajstić information content (AvgIpc) is 2.61. The van der Waals surface area contributed by atoms with Crippen molar-refractivity contribution in [1.82, 2.24) is 9.78 Å². The van der Waals surface area contributed by atoms with Crippen LogP contribution in [0.1, 0.15) is 44.7 Å². The second-order valence-electron chi connectivity index (χ2n) is 4.15. The number of aromatic nitrogens is 2. The van der Waals surface area contributed by atoms with Gasteiger partial charge in [-0.05, 0) is 12.8 Å². The van der Waals surface area contributed by atoms with E-state index < -0.39 is 0 Å². The van der Waals surface area contributed by atoms with Crippen molar-refractivity contribution in [2.75, 3.05) is 11.9 Å². The van der Waals surface area contributed by atoms with Gasteiger partial charge in [0.05, 0.1) is 5.69 Å². The lowest BCUT2D eigenvalue weighted by Gasteiger charge is -2.14. The molecule has 1 atom stereocenters. The minimum atomic E-state index is 0.597. The highest BCUT2D eigenvalue weighted by Gasteiger charge is 2.14. The van der Waals surface area contributed by atoms with Crippen LogP contribution in [0.4, 0.5) is 5.82 Å². The minimum absolute atomic E-state index is 0.597. The van der Waals surface area contributed by atoms with Crippen LogP contribution in [0, 0.1) is 0 Å². The summed E-state index contributed by atoms with van der Waals surface area (Å²) in [6, 6.07) is 2.21. The first-order valence-corrected chi connectivity index (χ1v) is 5.63. The Morgan fingerprint density at radius 3 is 3.21 bits per heavy atom. The van der Waals surface area contributed by atoms with Gasteiger partial charge in [-0.3, -0.25) is 0 Å². The van der Waals surface area contributed by atoms with Crippen LogP contribution in [-0.4, -0.2) is 16.3 Å². The molecule has 1 N–H and O–H groups in total. The number of aryl methyl sites for hydroxylation is 1. The lowest BCUT2D eigenvalue weighted by molar-refractivity contribution is 0.547. The lowest BCUT2D eigenvalue weighted by Crippen LogP contribution is -2.17. The van der Waals surface area contributed by atoms with Gasteiger partial charge >= 0.3 is 0 Å². The SMILES string of the molecule is CCCC(C)c1cc2n(n1)CCCN2. The van der Waals surface area contributed by atoms with Crippen LogP contribution in [-0.2, 0) is 6.54 Å². The fourth-order valence-electron chi connectivity index (χ4n) is 2.02. The summed E-state index contributed by atoms with van der Waals surface area (Å²) < 4.78 is 2.10. The summed E-state index contributed by atoms with van der Waals surface area (Å²) in [5.41, 5.74) is 1.25. The molecule has 0 bridgehead atoms. The molecule has 1 unspecified atom stereocenters. The Labute approximate surface area is 85.5 Å². The molecule has 2 heterocycles. The molecule has 0 saturated heterocycles. The van der Waals surface area contributed by atoms with Crippen molar-refractivity contribution in [3.63, 3.8) is 0 Å². The molecule has 3 heteroatoms. The Balaban J connectivity index is 2.15. The Hall–Kier alpha value is -0.990. The van der Waals surface area contributed by atoms with E-state index in [1.807, 2.05) is 0 Å². The molecule has 0 fully saturated rings. The molecule has 3 nitrogen and oxygen atoms in total. The van der Waals surface area contributed by atoms with Crippen LogP contribution >= 0.6 is 0 Å². The zero-order chi connectivity index (χ0) is 9.97. The van der Waals surface area contributed by atoms with Gasteiger partial charge in [0, 0.05) is 25.1 Å². The first-order chi connectivity index (χ1) is 6.81. The van der Waals surface area contributed by atoms with E-state index in [1.54, 1.807) is 0 Å². The molecule has 78 valence electrons. The number of fused-ring (bicyclic) bond motifs is 1. The Bertz CT molecular complexity index is 280. The number of hydrogen-bond donors (Lipinski definition) is 1. The van der Waals surface area contributed by atoms with Crippen molar-refractivity contribution in [2.45, 2.75) is 45.6 Å². The molecule has 1 aliphatic heterocycles. The fraction of sp³-hybridized carbons (Fsp3) is 0.727. The van der Waals surface area contributed by atoms with Crippen molar-refractivity contribution in [2.24, 2.45) is 0 Å². The molecule has 0 aliphatic carbocycles. The third kappa shape index (κ3) is 1.76. The summed E-state index contributed by atoms with van der Waals surface area (Å²) in [6.45, 7) is 6.65. The van der Waals surface area contributed by atoms with Crippen LogP contribution in [0.5, 0.6) is 0 Å². The van der Waals surface area contributed by atoms with Gasteiger partial charge in [0.25, 0.3) is 0 Å². The van der Waals surface area contributed by atoms with E-state index in [1.165, 1.54) is 30.8 Å². The molecule has 1 aromatic heterocycles. The van der Waals surface area contributed by atoms with E-state index in [0.717, 1.165) is 13.1 Å². The number of hydrogen-bond acceptors (Lipinski definition) is 2. The van der Waals surface area contributed by atoms with Gasteiger partial charge in [-0.25, -0.2) is 4.68 Å². The molecule has 0 amide bonds. The van der Waals surface area contributed by atoms with Crippen LogP contribution in [0.15, 0.2) is 6.07 Å². The Kier molecular flexibility index (Phi) is 2.75. The van der Waals surface area contributed by atoms with E-state index in [-0.39, 0.29) is 0 Å². The predicted molar refractivity (Wildman–Crippen MR) is 58.7 cm³/mol. The summed E-state index contributed by atoms with van der Waals surface area (Å²) in [6.07, 6.45) is 3.66. The van der Waals surface area contributed by atoms with Gasteiger partial charge in [-0.1, -0.05) is 20.3 Å². The first-order valence-electron chi connectivity index (χ1n) is 5.63. The maximum atomic E-state index is 4.62. The third-order valence-electron chi connectivity index (χ3n) is 2.88. The zero-order valence-corrected chi connectivity index (χ0v) is 9.08. The number of nitrogens with one attached hydrogen (secondary N) is 1. The number of anilines is 1. The summed E-state index contributed by atoms with van der Waals surface area (Å²) in [7, 11) is 0. The summed E-state index contributed by atoms with van der Waals surface area (Å²) in [5, 5.41) is 8.00. The summed E-state index contributed by atoms with van der Waals surface area (Å²) in [4.78, 5) is 0. The fourth-order valence-corrected chi connectivity index (χ4v) is 2.02. The normalized spacial score (nSPS) is 17.3. The quantitative estimate of drug-likeness (QED) is 0.799. The maximum absolute atomic E-state index is 4.62. The molecular formula is C11H19N3. The largest absolute Gasteiger partial charge is 0.370 e. The number of nitrogens with zero attached hydrogens (tertiary/aromatic N) is 2. The molecule has 0 aromatic carbocycles. The van der Waals surface area contributed by atoms with Crippen LogP contribution in [0.2, 0.25) is 0 Å². The highest BCUT2D eigenvalue weighted by molar-refractivity contribution is 5.39. The van der Waals surface area contributed by atoms with Crippen molar-refractivity contribution in [3.8, 4) is 0 Å². The topological polar surface area (TPSA) is 29.9 Å². The van der Waals surface area contributed by atoms with Crippen LogP contribution < -0.4 is 5.32 Å². The van der Waals surface area contributed by atoms with Gasteiger partial charge < -0.3 is 5.32 Å².